The van der Waals surface area contributed by atoms with Crippen LogP contribution in [-0.2, 0) is 6.42 Å². The summed E-state index contributed by atoms with van der Waals surface area (Å²) in [4.78, 5) is 4.64. The number of alkyl halides is 1. The van der Waals surface area contributed by atoms with Gasteiger partial charge in [-0.15, -0.1) is 11.6 Å². The molecule has 6 heteroatoms. The van der Waals surface area contributed by atoms with Crippen molar-refractivity contribution in [3.05, 3.63) is 56.7 Å². The Labute approximate surface area is 145 Å². The molecule has 2 nitrogen and oxygen atoms in total. The van der Waals surface area contributed by atoms with Gasteiger partial charge in [0.25, 0.3) is 0 Å². The third-order valence-electron chi connectivity index (χ3n) is 3.17. The number of hydrogen-bond acceptors (Lipinski definition) is 1. The van der Waals surface area contributed by atoms with Crippen LogP contribution in [-0.4, -0.2) is 15.4 Å². The minimum absolute atomic E-state index is 0.501. The number of hydrogen-bond donors (Lipinski definition) is 0. The zero-order valence-electron chi connectivity index (χ0n) is 10.8. The van der Waals surface area contributed by atoms with Crippen LogP contribution in [0.25, 0.3) is 16.7 Å². The lowest BCUT2D eigenvalue weighted by atomic mass is 10.2. The van der Waals surface area contributed by atoms with Crippen LogP contribution < -0.4 is 0 Å². The fourth-order valence-electron chi connectivity index (χ4n) is 2.26. The van der Waals surface area contributed by atoms with E-state index in [0.717, 1.165) is 27.0 Å². The van der Waals surface area contributed by atoms with E-state index in [2.05, 4.69) is 20.9 Å². The summed E-state index contributed by atoms with van der Waals surface area (Å²) in [6.07, 6.45) is 0.668. The van der Waals surface area contributed by atoms with E-state index in [4.69, 9.17) is 34.8 Å². The molecule has 0 radical (unpaired) electrons. The first-order valence-corrected chi connectivity index (χ1v) is 8.37. The van der Waals surface area contributed by atoms with Crippen LogP contribution in [0.4, 0.5) is 0 Å². The van der Waals surface area contributed by atoms with Crippen molar-refractivity contribution in [2.24, 2.45) is 0 Å². The Bertz CT molecular complexity index is 814. The lowest BCUT2D eigenvalue weighted by Gasteiger charge is -2.10. The fourth-order valence-corrected chi connectivity index (χ4v) is 3.02. The van der Waals surface area contributed by atoms with E-state index < -0.39 is 0 Å². The minimum atomic E-state index is 0.501. The molecule has 0 saturated heterocycles. The van der Waals surface area contributed by atoms with Gasteiger partial charge in [0.1, 0.15) is 5.82 Å². The van der Waals surface area contributed by atoms with Gasteiger partial charge >= 0.3 is 0 Å². The summed E-state index contributed by atoms with van der Waals surface area (Å²) in [6, 6.07) is 11.4. The van der Waals surface area contributed by atoms with Gasteiger partial charge in [0, 0.05) is 27.5 Å². The highest BCUT2D eigenvalue weighted by Gasteiger charge is 2.13. The van der Waals surface area contributed by atoms with Crippen molar-refractivity contribution in [1.29, 1.82) is 0 Å². The molecule has 0 fully saturated rings. The quantitative estimate of drug-likeness (QED) is 0.499. The number of rotatable bonds is 3. The molecule has 0 unspecified atom stereocenters. The van der Waals surface area contributed by atoms with Crippen molar-refractivity contribution < 1.29 is 0 Å². The van der Waals surface area contributed by atoms with E-state index >= 15 is 0 Å². The van der Waals surface area contributed by atoms with E-state index in [1.807, 2.05) is 41.0 Å². The largest absolute Gasteiger partial charge is 0.296 e. The molecule has 0 N–H and O–H groups in total. The summed E-state index contributed by atoms with van der Waals surface area (Å²) in [5.74, 6) is 1.39. The second-order valence-corrected chi connectivity index (χ2v) is 6.61. The highest BCUT2D eigenvalue weighted by atomic mass is 79.9. The van der Waals surface area contributed by atoms with E-state index in [1.54, 1.807) is 0 Å². The number of halogens is 4. The second kappa shape index (κ2) is 6.17. The van der Waals surface area contributed by atoms with Gasteiger partial charge in [-0.3, -0.25) is 4.57 Å². The molecule has 0 aliphatic carbocycles. The van der Waals surface area contributed by atoms with Gasteiger partial charge < -0.3 is 0 Å². The molecule has 0 aliphatic heterocycles. The molecule has 3 rings (SSSR count). The Kier molecular flexibility index (Phi) is 4.46. The molecule has 3 aromatic rings. The average molecular weight is 405 g/mol. The standard InChI is InChI=1S/C15H10BrCl3N2/c16-11-3-2-10(8-12(11)19)21-14-7-9(18)1-4-13(14)20-15(21)5-6-17/h1-4,7-8H,5-6H2. The van der Waals surface area contributed by atoms with E-state index in [-0.39, 0.29) is 0 Å². The van der Waals surface area contributed by atoms with Gasteiger partial charge in [0.2, 0.25) is 0 Å². The van der Waals surface area contributed by atoms with Gasteiger partial charge in [-0.25, -0.2) is 4.98 Å². The first kappa shape index (κ1) is 15.2. The smallest absolute Gasteiger partial charge is 0.115 e. The lowest BCUT2D eigenvalue weighted by Crippen LogP contribution is -2.02. The van der Waals surface area contributed by atoms with E-state index in [0.29, 0.717) is 22.3 Å². The Balaban J connectivity index is 2.29. The maximum atomic E-state index is 6.21. The number of benzene rings is 2. The van der Waals surface area contributed by atoms with Crippen LogP contribution >= 0.6 is 50.7 Å². The Morgan fingerprint density at radius 3 is 2.62 bits per heavy atom. The molecule has 1 aromatic heterocycles. The van der Waals surface area contributed by atoms with Gasteiger partial charge in [-0.05, 0) is 52.3 Å². The highest BCUT2D eigenvalue weighted by Crippen LogP contribution is 2.29. The van der Waals surface area contributed by atoms with Crippen LogP contribution in [0.2, 0.25) is 10.0 Å². The maximum Gasteiger partial charge on any atom is 0.115 e. The molecule has 21 heavy (non-hydrogen) atoms. The predicted molar refractivity (Wildman–Crippen MR) is 93.2 cm³/mol. The lowest BCUT2D eigenvalue weighted by molar-refractivity contribution is 0.912. The number of aryl methyl sites for hydroxylation is 1. The Morgan fingerprint density at radius 2 is 1.90 bits per heavy atom. The zero-order chi connectivity index (χ0) is 15.0. The van der Waals surface area contributed by atoms with Crippen molar-refractivity contribution in [2.45, 2.75) is 6.42 Å². The van der Waals surface area contributed by atoms with Crippen LogP contribution in [0.5, 0.6) is 0 Å². The van der Waals surface area contributed by atoms with Crippen molar-refractivity contribution in [2.75, 3.05) is 5.88 Å². The third-order valence-corrected chi connectivity index (χ3v) is 4.82. The molecule has 108 valence electrons. The van der Waals surface area contributed by atoms with Crippen LogP contribution in [0.1, 0.15) is 5.82 Å². The molecule has 0 aliphatic rings. The molecule has 0 spiro atoms. The minimum Gasteiger partial charge on any atom is -0.296 e. The number of imidazole rings is 1. The van der Waals surface area contributed by atoms with Crippen LogP contribution in [0.3, 0.4) is 0 Å². The van der Waals surface area contributed by atoms with Crippen LogP contribution in [0, 0.1) is 0 Å². The molecule has 1 heterocycles. The van der Waals surface area contributed by atoms with Gasteiger partial charge in [0.05, 0.1) is 16.1 Å². The van der Waals surface area contributed by atoms with E-state index in [1.165, 1.54) is 0 Å². The van der Waals surface area contributed by atoms with Gasteiger partial charge in [-0.2, -0.15) is 0 Å². The molecular formula is C15H10BrCl3N2. The summed E-state index contributed by atoms with van der Waals surface area (Å²) in [6.45, 7) is 0. The topological polar surface area (TPSA) is 17.8 Å². The predicted octanol–water partition coefficient (Wildman–Crippen LogP) is 5.88. The fraction of sp³-hybridized carbons (Fsp3) is 0.133. The van der Waals surface area contributed by atoms with Crippen molar-refractivity contribution in [1.82, 2.24) is 9.55 Å². The van der Waals surface area contributed by atoms with Gasteiger partial charge in [0.15, 0.2) is 0 Å². The summed E-state index contributed by atoms with van der Waals surface area (Å²) in [5, 5.41) is 1.32. The number of aromatic nitrogens is 2. The first-order valence-electron chi connectivity index (χ1n) is 6.28. The van der Waals surface area contributed by atoms with Crippen molar-refractivity contribution in [3.8, 4) is 5.69 Å². The monoisotopic (exact) mass is 402 g/mol. The normalized spacial score (nSPS) is 11.2. The SMILES string of the molecule is ClCCc1nc2ccc(Cl)cc2n1-c1ccc(Br)c(Cl)c1. The average Bonchev–Trinajstić information content (AvgIpc) is 2.80. The molecular weight excluding hydrogens is 394 g/mol. The molecule has 2 aromatic carbocycles. The highest BCUT2D eigenvalue weighted by molar-refractivity contribution is 9.10. The molecule has 0 saturated carbocycles. The van der Waals surface area contributed by atoms with E-state index in [9.17, 15) is 0 Å². The Morgan fingerprint density at radius 1 is 1.10 bits per heavy atom. The summed E-state index contributed by atoms with van der Waals surface area (Å²) in [7, 11) is 0. The third kappa shape index (κ3) is 2.93. The maximum absolute atomic E-state index is 6.21. The summed E-state index contributed by atoms with van der Waals surface area (Å²) < 4.78 is 2.90. The second-order valence-electron chi connectivity index (χ2n) is 4.53. The molecule has 0 bridgehead atoms. The summed E-state index contributed by atoms with van der Waals surface area (Å²) >= 11 is 21.6. The van der Waals surface area contributed by atoms with Gasteiger partial charge in [-0.1, -0.05) is 23.2 Å². The van der Waals surface area contributed by atoms with Crippen molar-refractivity contribution >= 4 is 61.8 Å². The summed E-state index contributed by atoms with van der Waals surface area (Å²) in [5.41, 5.74) is 2.77. The first-order chi connectivity index (χ1) is 10.1. The number of fused-ring (bicyclic) bond motifs is 1. The molecule has 0 atom stereocenters. The van der Waals surface area contributed by atoms with Crippen LogP contribution in [0.15, 0.2) is 40.9 Å². The molecule has 0 amide bonds. The van der Waals surface area contributed by atoms with Crippen molar-refractivity contribution in [3.63, 3.8) is 0 Å². The number of nitrogens with zero attached hydrogens (tertiary/aromatic N) is 2. The Hall–Kier alpha value is -0.740. The zero-order valence-corrected chi connectivity index (χ0v) is 14.6.